The highest BCUT2D eigenvalue weighted by molar-refractivity contribution is 7.96. The third kappa shape index (κ3) is 2.55. The minimum Gasteiger partial charge on any atom is -0.0620 e. The number of benzene rings is 4. The molecule has 5 rings (SSSR count). The zero-order valence-electron chi connectivity index (χ0n) is 15.7. The van der Waals surface area contributed by atoms with E-state index in [1.54, 1.807) is 10.9 Å². The second-order valence-electron chi connectivity index (χ2n) is 7.62. The molecule has 1 aliphatic rings. The number of fused-ring (bicyclic) bond motifs is 3. The Labute approximate surface area is 162 Å². The molecule has 27 heavy (non-hydrogen) atoms. The Morgan fingerprint density at radius 3 is 1.93 bits per heavy atom. The van der Waals surface area contributed by atoms with Crippen molar-refractivity contribution in [3.05, 3.63) is 103 Å². The summed E-state index contributed by atoms with van der Waals surface area (Å²) in [6.07, 6.45) is 2.51. The first-order chi connectivity index (χ1) is 13.3. The molecule has 1 heteroatoms. The predicted molar refractivity (Wildman–Crippen MR) is 121 cm³/mol. The van der Waals surface area contributed by atoms with Crippen molar-refractivity contribution in [3.8, 4) is 0 Å². The van der Waals surface area contributed by atoms with Gasteiger partial charge in [0, 0.05) is 5.39 Å². The summed E-state index contributed by atoms with van der Waals surface area (Å²) in [5.74, 6) is 0.616. The van der Waals surface area contributed by atoms with E-state index in [0.717, 1.165) is 0 Å². The summed E-state index contributed by atoms with van der Waals surface area (Å²) in [5, 5.41) is 7.46. The lowest BCUT2D eigenvalue weighted by Crippen LogP contribution is -2.39. The number of hydrogen-bond acceptors (Lipinski definition) is 0. The van der Waals surface area contributed by atoms with Crippen molar-refractivity contribution in [2.45, 2.75) is 19.3 Å². The summed E-state index contributed by atoms with van der Waals surface area (Å²) in [4.78, 5) is 0. The summed E-state index contributed by atoms with van der Waals surface area (Å²) in [6.45, 7) is 2.40. The zero-order valence-corrected chi connectivity index (χ0v) is 16.6. The van der Waals surface area contributed by atoms with Crippen LogP contribution in [0.1, 0.15) is 24.8 Å². The van der Waals surface area contributed by atoms with Gasteiger partial charge in [0.1, 0.15) is 23.2 Å². The molecule has 0 fully saturated rings. The van der Waals surface area contributed by atoms with Crippen LogP contribution in [0.4, 0.5) is 0 Å². The first-order valence-corrected chi connectivity index (χ1v) is 11.8. The summed E-state index contributed by atoms with van der Waals surface area (Å²) in [5.41, 5.74) is 1.56. The van der Waals surface area contributed by atoms with E-state index in [4.69, 9.17) is 0 Å². The van der Waals surface area contributed by atoms with E-state index < -0.39 is 7.26 Å². The molecule has 0 saturated heterocycles. The van der Waals surface area contributed by atoms with Gasteiger partial charge in [0.2, 0.25) is 0 Å². The van der Waals surface area contributed by atoms with Crippen molar-refractivity contribution >= 4 is 33.9 Å². The Morgan fingerprint density at radius 1 is 0.667 bits per heavy atom. The lowest BCUT2D eigenvalue weighted by Gasteiger charge is -2.36. The van der Waals surface area contributed by atoms with E-state index in [1.165, 1.54) is 34.0 Å². The molecule has 1 atom stereocenters. The van der Waals surface area contributed by atoms with Crippen molar-refractivity contribution in [1.29, 1.82) is 0 Å². The van der Waals surface area contributed by atoms with Gasteiger partial charge in [0.15, 0.2) is 0 Å². The zero-order chi connectivity index (χ0) is 18.3. The molecule has 0 nitrogen and oxygen atoms in total. The van der Waals surface area contributed by atoms with Crippen LogP contribution in [-0.2, 0) is 0 Å². The second-order valence-corrected chi connectivity index (χ2v) is 11.2. The van der Waals surface area contributed by atoms with Crippen LogP contribution >= 0.6 is 7.26 Å². The highest BCUT2D eigenvalue weighted by Gasteiger charge is 2.50. The van der Waals surface area contributed by atoms with Crippen LogP contribution in [0.3, 0.4) is 0 Å². The normalized spacial score (nSPS) is 18.2. The van der Waals surface area contributed by atoms with Crippen LogP contribution < -0.4 is 15.9 Å². The second kappa shape index (κ2) is 6.63. The maximum atomic E-state index is 2.40. The van der Waals surface area contributed by atoms with Gasteiger partial charge < -0.3 is 0 Å². The maximum absolute atomic E-state index is 2.40. The lowest BCUT2D eigenvalue weighted by molar-refractivity contribution is 0.735. The fraction of sp³-hybridized carbons (Fsp3) is 0.154. The highest BCUT2D eigenvalue weighted by atomic mass is 31.2. The van der Waals surface area contributed by atoms with Crippen LogP contribution in [-0.4, -0.2) is 6.16 Å². The fourth-order valence-electron chi connectivity index (χ4n) is 4.78. The molecular weight excluding hydrogens is 343 g/mol. The van der Waals surface area contributed by atoms with Crippen molar-refractivity contribution in [1.82, 2.24) is 0 Å². The van der Waals surface area contributed by atoms with Gasteiger partial charge in [-0.25, -0.2) is 0 Å². The van der Waals surface area contributed by atoms with Gasteiger partial charge in [-0.15, -0.1) is 0 Å². The molecule has 0 bridgehead atoms. The molecule has 4 aromatic rings. The Bertz CT molecular complexity index is 1040. The van der Waals surface area contributed by atoms with Crippen molar-refractivity contribution in [2.75, 3.05) is 6.16 Å². The quantitative estimate of drug-likeness (QED) is 0.402. The van der Waals surface area contributed by atoms with Crippen molar-refractivity contribution in [2.24, 2.45) is 0 Å². The van der Waals surface area contributed by atoms with Gasteiger partial charge in [-0.1, -0.05) is 79.7 Å². The van der Waals surface area contributed by atoms with Gasteiger partial charge in [-0.05, 0) is 47.6 Å². The minimum atomic E-state index is -1.67. The lowest BCUT2D eigenvalue weighted by atomic mass is 9.95. The summed E-state index contributed by atoms with van der Waals surface area (Å²) < 4.78 is 0. The van der Waals surface area contributed by atoms with Crippen LogP contribution in [0.25, 0.3) is 10.8 Å². The number of rotatable bonds is 2. The summed E-state index contributed by atoms with van der Waals surface area (Å²) in [7, 11) is -1.67. The van der Waals surface area contributed by atoms with Gasteiger partial charge in [0.25, 0.3) is 0 Å². The average molecular weight is 367 g/mol. The van der Waals surface area contributed by atoms with Crippen LogP contribution in [0, 0.1) is 0 Å². The van der Waals surface area contributed by atoms with E-state index in [9.17, 15) is 0 Å². The van der Waals surface area contributed by atoms with Crippen molar-refractivity contribution < 1.29 is 0 Å². The molecule has 0 amide bonds. The van der Waals surface area contributed by atoms with E-state index in [1.807, 2.05) is 0 Å². The predicted octanol–water partition coefficient (Wildman–Crippen LogP) is 5.64. The molecule has 0 spiro atoms. The van der Waals surface area contributed by atoms with Crippen LogP contribution in [0.5, 0.6) is 0 Å². The van der Waals surface area contributed by atoms with Crippen LogP contribution in [0.2, 0.25) is 0 Å². The molecule has 0 aromatic heterocycles. The third-order valence-electron chi connectivity index (χ3n) is 6.14. The first-order valence-electron chi connectivity index (χ1n) is 9.82. The Hall–Kier alpha value is -2.43. The molecule has 0 aliphatic carbocycles. The van der Waals surface area contributed by atoms with Gasteiger partial charge in [-0.3, -0.25) is 0 Å². The molecule has 4 aromatic carbocycles. The van der Waals surface area contributed by atoms with E-state index in [2.05, 4.69) is 104 Å². The first kappa shape index (κ1) is 16.7. The minimum absolute atomic E-state index is 0.616. The Kier molecular flexibility index (Phi) is 4.10. The fourth-order valence-corrected chi connectivity index (χ4v) is 9.82. The summed E-state index contributed by atoms with van der Waals surface area (Å²) >= 11 is 0. The maximum Gasteiger partial charge on any atom is 0.116 e. The van der Waals surface area contributed by atoms with Crippen LogP contribution in [0.15, 0.2) is 97.1 Å². The molecule has 0 radical (unpaired) electrons. The molecular formula is C26H24P+. The largest absolute Gasteiger partial charge is 0.116 e. The van der Waals surface area contributed by atoms with Gasteiger partial charge in [-0.2, -0.15) is 0 Å². The van der Waals surface area contributed by atoms with E-state index in [-0.39, 0.29) is 0 Å². The average Bonchev–Trinajstić information content (AvgIpc) is 2.75. The third-order valence-corrected chi connectivity index (χ3v) is 10.7. The molecule has 0 N–H and O–H groups in total. The smallest absolute Gasteiger partial charge is 0.0620 e. The molecule has 1 aliphatic heterocycles. The molecule has 132 valence electrons. The topological polar surface area (TPSA) is 0 Å². The summed E-state index contributed by atoms with van der Waals surface area (Å²) in [6, 6.07) is 36.3. The van der Waals surface area contributed by atoms with Crippen molar-refractivity contribution in [3.63, 3.8) is 0 Å². The van der Waals surface area contributed by atoms with E-state index in [0.29, 0.717) is 5.92 Å². The Morgan fingerprint density at radius 2 is 1.26 bits per heavy atom. The van der Waals surface area contributed by atoms with Gasteiger partial charge in [0.05, 0.1) is 6.16 Å². The Balaban J connectivity index is 1.95. The van der Waals surface area contributed by atoms with E-state index >= 15 is 0 Å². The van der Waals surface area contributed by atoms with Gasteiger partial charge >= 0.3 is 0 Å². The standard InChI is InChI=1S/C26H24P/c1-20-18-19-27(22-11-4-2-5-12-22,23-13-6-3-7-14-23)26-24(20)17-16-21-10-8-9-15-25(21)26/h2-17,20H,18-19H2,1H3/q+1/t20-/m0/s1. The molecule has 0 unspecified atom stereocenters. The molecule has 1 heterocycles. The molecule has 0 saturated carbocycles. The SMILES string of the molecule is C[C@H]1CC[P+](c2ccccc2)(c2ccccc2)c2c1ccc1ccccc21. The highest BCUT2D eigenvalue weighted by Crippen LogP contribution is 2.61. The monoisotopic (exact) mass is 367 g/mol. The number of hydrogen-bond donors (Lipinski definition) is 0.